The summed E-state index contributed by atoms with van der Waals surface area (Å²) in [5, 5.41) is 3.75. The summed E-state index contributed by atoms with van der Waals surface area (Å²) in [6.45, 7) is 11.3. The lowest BCUT2D eigenvalue weighted by Crippen LogP contribution is -2.34. The molecule has 5 rings (SSSR count). The molecule has 0 bridgehead atoms. The molecule has 0 atom stereocenters. The minimum absolute atomic E-state index is 0.232. The third-order valence-corrected chi connectivity index (χ3v) is 6.20. The van der Waals surface area contributed by atoms with E-state index in [1.54, 1.807) is 0 Å². The van der Waals surface area contributed by atoms with Gasteiger partial charge in [-0.1, -0.05) is 51.1 Å². The zero-order valence-electron chi connectivity index (χ0n) is 18.2. The minimum atomic E-state index is 0.232. The Morgan fingerprint density at radius 3 is 2.45 bits per heavy atom. The minimum Gasteiger partial charge on any atom is -0.450 e. The average Bonchev–Trinajstić information content (AvgIpc) is 2.65. The fraction of sp³-hybridized carbons (Fsp3) is 0.296. The molecule has 146 valence electrons. The third-order valence-electron chi connectivity index (χ3n) is 6.20. The number of nitrogens with zero attached hydrogens (tertiary/aromatic N) is 1. The predicted molar refractivity (Wildman–Crippen MR) is 121 cm³/mol. The van der Waals surface area contributed by atoms with E-state index in [0.29, 0.717) is 0 Å². The summed E-state index contributed by atoms with van der Waals surface area (Å²) in [4.78, 5) is 0. The molecule has 0 unspecified atom stereocenters. The highest BCUT2D eigenvalue weighted by atomic mass is 16.5. The first kappa shape index (κ1) is 18.2. The summed E-state index contributed by atoms with van der Waals surface area (Å²) in [6, 6.07) is 17.6. The second kappa shape index (κ2) is 6.06. The third kappa shape index (κ3) is 2.73. The lowest BCUT2D eigenvalue weighted by Gasteiger charge is -2.23. The number of ether oxygens (including phenoxy) is 1. The SMILES string of the molecule is Cc1cc2cccc3c2c(c1C)-c1c(cc2c(CC(C)(C)C)cccc2[n+]1C)O3. The van der Waals surface area contributed by atoms with Crippen LogP contribution in [-0.4, -0.2) is 0 Å². The number of rotatable bonds is 1. The van der Waals surface area contributed by atoms with E-state index in [1.165, 1.54) is 49.6 Å². The molecule has 0 spiro atoms. The maximum Gasteiger partial charge on any atom is 0.256 e. The average molecular weight is 383 g/mol. The fourth-order valence-corrected chi connectivity index (χ4v) is 4.80. The van der Waals surface area contributed by atoms with E-state index in [9.17, 15) is 0 Å². The van der Waals surface area contributed by atoms with E-state index < -0.39 is 0 Å². The summed E-state index contributed by atoms with van der Waals surface area (Å²) in [6.07, 6.45) is 1.04. The highest BCUT2D eigenvalue weighted by Crippen LogP contribution is 2.48. The van der Waals surface area contributed by atoms with Crippen molar-refractivity contribution in [1.29, 1.82) is 0 Å². The van der Waals surface area contributed by atoms with E-state index in [0.717, 1.165) is 17.9 Å². The van der Waals surface area contributed by atoms with Crippen LogP contribution >= 0.6 is 0 Å². The molecule has 1 aliphatic heterocycles. The topological polar surface area (TPSA) is 13.1 Å². The quantitative estimate of drug-likeness (QED) is 0.291. The molecule has 0 aliphatic carbocycles. The molecule has 2 heterocycles. The summed E-state index contributed by atoms with van der Waals surface area (Å²) in [5.41, 5.74) is 7.99. The Morgan fingerprint density at radius 1 is 0.931 bits per heavy atom. The second-order valence-electron chi connectivity index (χ2n) is 9.65. The van der Waals surface area contributed by atoms with Crippen molar-refractivity contribution in [2.75, 3.05) is 0 Å². The van der Waals surface area contributed by atoms with Gasteiger partial charge in [-0.05, 0) is 53.8 Å². The molecule has 2 nitrogen and oxygen atoms in total. The zero-order valence-corrected chi connectivity index (χ0v) is 18.2. The monoisotopic (exact) mass is 382 g/mol. The highest BCUT2D eigenvalue weighted by molar-refractivity contribution is 6.05. The van der Waals surface area contributed by atoms with Gasteiger partial charge in [0.15, 0.2) is 5.75 Å². The van der Waals surface area contributed by atoms with Crippen LogP contribution in [0.5, 0.6) is 11.5 Å². The Balaban J connectivity index is 1.89. The summed E-state index contributed by atoms with van der Waals surface area (Å²) >= 11 is 0. The number of fused-ring (bicyclic) bond motifs is 3. The Bertz CT molecular complexity index is 1310. The summed E-state index contributed by atoms with van der Waals surface area (Å²) < 4.78 is 8.82. The Hall–Kier alpha value is -2.87. The van der Waals surface area contributed by atoms with Gasteiger partial charge in [0.25, 0.3) is 5.69 Å². The number of hydrogen-bond acceptors (Lipinski definition) is 1. The van der Waals surface area contributed by atoms with Crippen LogP contribution in [0.4, 0.5) is 0 Å². The lowest BCUT2D eigenvalue weighted by molar-refractivity contribution is -0.633. The van der Waals surface area contributed by atoms with Crippen LogP contribution in [-0.2, 0) is 13.5 Å². The largest absolute Gasteiger partial charge is 0.450 e. The van der Waals surface area contributed by atoms with Crippen LogP contribution in [0.1, 0.15) is 37.5 Å². The van der Waals surface area contributed by atoms with Crippen molar-refractivity contribution < 1.29 is 9.30 Å². The van der Waals surface area contributed by atoms with Crippen molar-refractivity contribution >= 4 is 21.7 Å². The lowest BCUT2D eigenvalue weighted by atomic mass is 9.86. The highest BCUT2D eigenvalue weighted by Gasteiger charge is 2.32. The van der Waals surface area contributed by atoms with Gasteiger partial charge in [-0.3, -0.25) is 0 Å². The van der Waals surface area contributed by atoms with Gasteiger partial charge < -0.3 is 4.74 Å². The Labute approximate surface area is 172 Å². The smallest absolute Gasteiger partial charge is 0.256 e. The van der Waals surface area contributed by atoms with Crippen molar-refractivity contribution in [2.45, 2.75) is 41.0 Å². The van der Waals surface area contributed by atoms with Crippen molar-refractivity contribution in [3.05, 3.63) is 65.2 Å². The first-order valence-electron chi connectivity index (χ1n) is 10.4. The summed E-state index contributed by atoms with van der Waals surface area (Å²) in [5.74, 6) is 1.91. The number of aryl methyl sites for hydroxylation is 2. The van der Waals surface area contributed by atoms with Gasteiger partial charge >= 0.3 is 0 Å². The maximum absolute atomic E-state index is 6.50. The van der Waals surface area contributed by atoms with Gasteiger partial charge in [-0.2, -0.15) is 4.57 Å². The van der Waals surface area contributed by atoms with Crippen molar-refractivity contribution in [3.8, 4) is 22.8 Å². The van der Waals surface area contributed by atoms with Crippen LogP contribution in [0.2, 0.25) is 0 Å². The van der Waals surface area contributed by atoms with E-state index in [4.69, 9.17) is 4.74 Å². The van der Waals surface area contributed by atoms with Crippen LogP contribution in [0.25, 0.3) is 32.9 Å². The molecule has 29 heavy (non-hydrogen) atoms. The number of aromatic nitrogens is 1. The predicted octanol–water partition coefficient (Wildman–Crippen LogP) is 6.80. The Kier molecular flexibility index (Phi) is 3.80. The van der Waals surface area contributed by atoms with Gasteiger partial charge in [0, 0.05) is 17.5 Å². The number of hydrogen-bond donors (Lipinski definition) is 0. The molecule has 0 radical (unpaired) electrons. The second-order valence-corrected chi connectivity index (χ2v) is 9.65. The molecule has 3 aromatic carbocycles. The molecule has 0 fully saturated rings. The van der Waals surface area contributed by atoms with Crippen molar-refractivity contribution in [1.82, 2.24) is 0 Å². The zero-order chi connectivity index (χ0) is 20.5. The Morgan fingerprint density at radius 2 is 1.69 bits per heavy atom. The number of benzene rings is 3. The first-order valence-corrected chi connectivity index (χ1v) is 10.4. The first-order chi connectivity index (χ1) is 13.7. The van der Waals surface area contributed by atoms with Gasteiger partial charge in [-0.25, -0.2) is 0 Å². The normalized spacial score (nSPS) is 12.9. The van der Waals surface area contributed by atoms with Crippen molar-refractivity contribution in [2.24, 2.45) is 12.5 Å². The van der Waals surface area contributed by atoms with Gasteiger partial charge in [-0.15, -0.1) is 0 Å². The summed E-state index contributed by atoms with van der Waals surface area (Å²) in [7, 11) is 2.17. The van der Waals surface area contributed by atoms with Gasteiger partial charge in [0.2, 0.25) is 5.52 Å². The molecule has 4 aromatic rings. The van der Waals surface area contributed by atoms with E-state index >= 15 is 0 Å². The van der Waals surface area contributed by atoms with Gasteiger partial charge in [0.1, 0.15) is 12.8 Å². The molecule has 0 N–H and O–H groups in total. The molecule has 0 saturated carbocycles. The molecule has 1 aromatic heterocycles. The maximum atomic E-state index is 6.50. The van der Waals surface area contributed by atoms with E-state index in [1.807, 2.05) is 0 Å². The number of pyridine rings is 1. The fourth-order valence-electron chi connectivity index (χ4n) is 4.80. The van der Waals surface area contributed by atoms with E-state index in [-0.39, 0.29) is 5.41 Å². The standard InChI is InChI=1S/C27H28NO/c1-16-13-18-9-8-12-22-25(18)24(17(16)2)26-23(29-22)14-20-19(15-27(3,4)5)10-7-11-21(20)28(26)6/h7-14H,15H2,1-6H3/q+1. The molecule has 2 heteroatoms. The molecular formula is C27H28NO+. The van der Waals surface area contributed by atoms with Crippen LogP contribution in [0.15, 0.2) is 48.5 Å². The molecule has 0 saturated heterocycles. The van der Waals surface area contributed by atoms with Gasteiger partial charge in [0.05, 0.1) is 10.9 Å². The van der Waals surface area contributed by atoms with Crippen LogP contribution in [0.3, 0.4) is 0 Å². The van der Waals surface area contributed by atoms with Crippen LogP contribution < -0.4 is 9.30 Å². The molecular weight excluding hydrogens is 354 g/mol. The van der Waals surface area contributed by atoms with Crippen LogP contribution in [0, 0.1) is 19.3 Å². The molecule has 1 aliphatic rings. The van der Waals surface area contributed by atoms with E-state index in [2.05, 4.69) is 94.8 Å². The molecule has 0 amide bonds. The van der Waals surface area contributed by atoms with Crippen molar-refractivity contribution in [3.63, 3.8) is 0 Å².